The van der Waals surface area contributed by atoms with E-state index >= 15 is 0 Å². The highest BCUT2D eigenvalue weighted by molar-refractivity contribution is 5.36. The third-order valence-corrected chi connectivity index (χ3v) is 2.56. The number of nitrogens with zero attached hydrogens (tertiary/aromatic N) is 5. The van der Waals surface area contributed by atoms with E-state index in [2.05, 4.69) is 20.5 Å². The molecular formula is C13H11N5O. The molecule has 0 saturated carbocycles. The first-order valence-corrected chi connectivity index (χ1v) is 5.78. The van der Waals surface area contributed by atoms with Crippen LogP contribution in [0.1, 0.15) is 5.69 Å². The lowest BCUT2D eigenvalue weighted by Gasteiger charge is -2.06. The van der Waals surface area contributed by atoms with Crippen molar-refractivity contribution >= 4 is 0 Å². The fourth-order valence-electron chi connectivity index (χ4n) is 1.62. The monoisotopic (exact) mass is 253 g/mol. The number of pyridine rings is 1. The lowest BCUT2D eigenvalue weighted by Crippen LogP contribution is -1.98. The van der Waals surface area contributed by atoms with Gasteiger partial charge in [0.25, 0.3) is 0 Å². The molecule has 0 aliphatic carbocycles. The molecule has 2 heterocycles. The molecule has 0 saturated heterocycles. The van der Waals surface area contributed by atoms with Crippen LogP contribution in [0.4, 0.5) is 0 Å². The van der Waals surface area contributed by atoms with Crippen molar-refractivity contribution in [2.24, 2.45) is 0 Å². The van der Waals surface area contributed by atoms with Crippen molar-refractivity contribution in [3.8, 4) is 11.4 Å². The molecule has 2 aromatic heterocycles. The van der Waals surface area contributed by atoms with Gasteiger partial charge in [-0.2, -0.15) is 0 Å². The summed E-state index contributed by atoms with van der Waals surface area (Å²) in [5.41, 5.74) is 1.78. The Labute approximate surface area is 109 Å². The number of aromatic nitrogens is 5. The molecule has 0 bridgehead atoms. The van der Waals surface area contributed by atoms with E-state index in [1.165, 1.54) is 0 Å². The van der Waals surface area contributed by atoms with Gasteiger partial charge >= 0.3 is 0 Å². The summed E-state index contributed by atoms with van der Waals surface area (Å²) in [4.78, 5) is 4.20. The van der Waals surface area contributed by atoms with E-state index in [1.807, 2.05) is 42.5 Å². The summed E-state index contributed by atoms with van der Waals surface area (Å²) in [5, 5.41) is 11.0. The fourth-order valence-corrected chi connectivity index (χ4v) is 1.62. The van der Waals surface area contributed by atoms with E-state index in [4.69, 9.17) is 4.74 Å². The van der Waals surface area contributed by atoms with Crippen LogP contribution in [0.2, 0.25) is 0 Å². The van der Waals surface area contributed by atoms with Crippen LogP contribution in [0, 0.1) is 0 Å². The van der Waals surface area contributed by atoms with E-state index in [0.29, 0.717) is 6.61 Å². The summed E-state index contributed by atoms with van der Waals surface area (Å²) in [7, 11) is 0. The highest BCUT2D eigenvalue weighted by atomic mass is 16.5. The highest BCUT2D eigenvalue weighted by Gasteiger charge is 1.99. The number of hydrogen-bond acceptors (Lipinski definition) is 5. The lowest BCUT2D eigenvalue weighted by molar-refractivity contribution is 0.301. The van der Waals surface area contributed by atoms with Gasteiger partial charge in [-0.1, -0.05) is 6.07 Å². The van der Waals surface area contributed by atoms with Crippen molar-refractivity contribution < 1.29 is 4.74 Å². The molecule has 1 aromatic carbocycles. The van der Waals surface area contributed by atoms with Crippen molar-refractivity contribution in [2.45, 2.75) is 6.61 Å². The zero-order chi connectivity index (χ0) is 12.9. The van der Waals surface area contributed by atoms with Crippen LogP contribution in [0.3, 0.4) is 0 Å². The molecule has 0 spiro atoms. The Morgan fingerprint density at radius 3 is 2.63 bits per heavy atom. The summed E-state index contributed by atoms with van der Waals surface area (Å²) in [6, 6.07) is 13.3. The minimum Gasteiger partial charge on any atom is -0.487 e. The van der Waals surface area contributed by atoms with Crippen LogP contribution >= 0.6 is 0 Å². The van der Waals surface area contributed by atoms with E-state index in [1.54, 1.807) is 17.2 Å². The average molecular weight is 253 g/mol. The topological polar surface area (TPSA) is 65.7 Å². The molecule has 0 aliphatic heterocycles. The summed E-state index contributed by atoms with van der Waals surface area (Å²) in [5.74, 6) is 0.780. The second-order valence-electron chi connectivity index (χ2n) is 3.86. The largest absolute Gasteiger partial charge is 0.487 e. The average Bonchev–Trinajstić information content (AvgIpc) is 3.01. The van der Waals surface area contributed by atoms with Crippen LogP contribution in [0.25, 0.3) is 5.69 Å². The molecule has 3 rings (SSSR count). The molecule has 0 fully saturated rings. The quantitative estimate of drug-likeness (QED) is 0.707. The van der Waals surface area contributed by atoms with Crippen LogP contribution in [0.5, 0.6) is 5.75 Å². The SMILES string of the molecule is c1ccc(COc2ccc(-n3cnnn3)cc2)nc1. The number of rotatable bonds is 4. The minimum atomic E-state index is 0.449. The maximum absolute atomic E-state index is 5.64. The van der Waals surface area contributed by atoms with Gasteiger partial charge in [0.2, 0.25) is 0 Å². The molecule has 0 aliphatic rings. The Morgan fingerprint density at radius 1 is 1.05 bits per heavy atom. The molecule has 3 aromatic rings. The molecule has 6 nitrogen and oxygen atoms in total. The summed E-state index contributed by atoms with van der Waals surface area (Å²) in [6.45, 7) is 0.449. The van der Waals surface area contributed by atoms with Crippen molar-refractivity contribution in [1.82, 2.24) is 25.2 Å². The molecule has 0 atom stereocenters. The number of benzene rings is 1. The molecule has 0 unspecified atom stereocenters. The normalized spacial score (nSPS) is 10.3. The Balaban J connectivity index is 1.67. The Morgan fingerprint density at radius 2 is 1.95 bits per heavy atom. The van der Waals surface area contributed by atoms with E-state index in [-0.39, 0.29) is 0 Å². The van der Waals surface area contributed by atoms with Gasteiger partial charge in [-0.25, -0.2) is 4.68 Å². The summed E-state index contributed by atoms with van der Waals surface area (Å²) < 4.78 is 7.23. The fraction of sp³-hybridized carbons (Fsp3) is 0.0769. The minimum absolute atomic E-state index is 0.449. The first-order chi connectivity index (χ1) is 9.42. The van der Waals surface area contributed by atoms with Gasteiger partial charge < -0.3 is 4.74 Å². The molecule has 0 amide bonds. The first-order valence-electron chi connectivity index (χ1n) is 5.78. The smallest absolute Gasteiger partial charge is 0.143 e. The predicted molar refractivity (Wildman–Crippen MR) is 67.7 cm³/mol. The Bertz CT molecular complexity index is 622. The van der Waals surface area contributed by atoms with Gasteiger partial charge in [-0.05, 0) is 46.8 Å². The molecule has 0 radical (unpaired) electrons. The molecule has 6 heteroatoms. The summed E-state index contributed by atoms with van der Waals surface area (Å²) in [6.07, 6.45) is 3.29. The van der Waals surface area contributed by atoms with Gasteiger partial charge in [-0.15, -0.1) is 5.10 Å². The maximum atomic E-state index is 5.64. The third-order valence-electron chi connectivity index (χ3n) is 2.56. The standard InChI is InChI=1S/C13H11N5O/c1-2-8-14-11(3-1)9-19-13-6-4-12(5-7-13)18-10-15-16-17-18/h1-8,10H,9H2. The molecule has 0 N–H and O–H groups in total. The van der Waals surface area contributed by atoms with Crippen LogP contribution in [0.15, 0.2) is 55.0 Å². The number of hydrogen-bond donors (Lipinski definition) is 0. The second-order valence-corrected chi connectivity index (χ2v) is 3.86. The van der Waals surface area contributed by atoms with Gasteiger partial charge in [0.15, 0.2) is 0 Å². The zero-order valence-corrected chi connectivity index (χ0v) is 10.0. The second kappa shape index (κ2) is 5.26. The van der Waals surface area contributed by atoms with Gasteiger partial charge in [0.05, 0.1) is 11.4 Å². The predicted octanol–water partition coefficient (Wildman–Crippen LogP) is 1.64. The van der Waals surface area contributed by atoms with Gasteiger partial charge in [-0.3, -0.25) is 4.98 Å². The van der Waals surface area contributed by atoms with Crippen molar-refractivity contribution in [3.05, 3.63) is 60.7 Å². The van der Waals surface area contributed by atoms with Crippen molar-refractivity contribution in [1.29, 1.82) is 0 Å². The van der Waals surface area contributed by atoms with E-state index in [0.717, 1.165) is 17.1 Å². The van der Waals surface area contributed by atoms with E-state index in [9.17, 15) is 0 Å². The van der Waals surface area contributed by atoms with Gasteiger partial charge in [0, 0.05) is 6.20 Å². The maximum Gasteiger partial charge on any atom is 0.143 e. The number of ether oxygens (including phenoxy) is 1. The molecule has 19 heavy (non-hydrogen) atoms. The molecule has 94 valence electrons. The Kier molecular flexibility index (Phi) is 3.14. The van der Waals surface area contributed by atoms with E-state index < -0.39 is 0 Å². The van der Waals surface area contributed by atoms with Crippen molar-refractivity contribution in [2.75, 3.05) is 0 Å². The lowest BCUT2D eigenvalue weighted by atomic mass is 10.3. The summed E-state index contributed by atoms with van der Waals surface area (Å²) >= 11 is 0. The van der Waals surface area contributed by atoms with Crippen LogP contribution in [-0.2, 0) is 6.61 Å². The van der Waals surface area contributed by atoms with Crippen LogP contribution in [-0.4, -0.2) is 25.2 Å². The van der Waals surface area contributed by atoms with Gasteiger partial charge in [0.1, 0.15) is 18.7 Å². The third kappa shape index (κ3) is 2.74. The van der Waals surface area contributed by atoms with Crippen LogP contribution < -0.4 is 4.74 Å². The number of tetrazole rings is 1. The molecular weight excluding hydrogens is 242 g/mol. The zero-order valence-electron chi connectivity index (χ0n) is 10.0. The Hall–Kier alpha value is -2.76. The highest BCUT2D eigenvalue weighted by Crippen LogP contribution is 2.15. The first kappa shape index (κ1) is 11.3. The van der Waals surface area contributed by atoms with Crippen molar-refractivity contribution in [3.63, 3.8) is 0 Å².